The standard InChI is InChI=1S/C14H27NO2/c1-5-14(9-7-6-8-11(14)2)12(17)15-13(3,4)10-16/h11,16H,5-10H2,1-4H3,(H,15,17). The molecule has 3 nitrogen and oxygen atoms in total. The molecule has 100 valence electrons. The van der Waals surface area contributed by atoms with Gasteiger partial charge in [-0.05, 0) is 39.0 Å². The van der Waals surface area contributed by atoms with Crippen LogP contribution >= 0.6 is 0 Å². The van der Waals surface area contributed by atoms with Crippen LogP contribution in [-0.4, -0.2) is 23.2 Å². The van der Waals surface area contributed by atoms with Crippen LogP contribution in [0.1, 0.15) is 59.8 Å². The molecule has 1 fully saturated rings. The number of hydrogen-bond acceptors (Lipinski definition) is 2. The number of hydrogen-bond donors (Lipinski definition) is 2. The van der Waals surface area contributed by atoms with Gasteiger partial charge < -0.3 is 10.4 Å². The zero-order chi connectivity index (χ0) is 13.1. The quantitative estimate of drug-likeness (QED) is 0.794. The van der Waals surface area contributed by atoms with Gasteiger partial charge in [-0.1, -0.05) is 26.7 Å². The van der Waals surface area contributed by atoms with E-state index in [1.54, 1.807) is 0 Å². The molecule has 0 radical (unpaired) electrons. The van der Waals surface area contributed by atoms with Crippen molar-refractivity contribution in [1.29, 1.82) is 0 Å². The van der Waals surface area contributed by atoms with E-state index < -0.39 is 5.54 Å². The van der Waals surface area contributed by atoms with Crippen molar-refractivity contribution in [2.75, 3.05) is 6.61 Å². The van der Waals surface area contributed by atoms with Crippen molar-refractivity contribution in [2.24, 2.45) is 11.3 Å². The Morgan fingerprint density at radius 3 is 2.59 bits per heavy atom. The molecule has 0 aromatic heterocycles. The zero-order valence-corrected chi connectivity index (χ0v) is 11.7. The van der Waals surface area contributed by atoms with Crippen LogP contribution in [0.5, 0.6) is 0 Å². The van der Waals surface area contributed by atoms with Crippen LogP contribution in [0.15, 0.2) is 0 Å². The molecule has 0 aromatic rings. The van der Waals surface area contributed by atoms with Crippen LogP contribution < -0.4 is 5.32 Å². The second-order valence-electron chi connectivity index (χ2n) is 6.15. The summed E-state index contributed by atoms with van der Waals surface area (Å²) in [5.74, 6) is 0.571. The highest BCUT2D eigenvalue weighted by Crippen LogP contribution is 2.44. The van der Waals surface area contributed by atoms with Gasteiger partial charge in [0.1, 0.15) is 0 Å². The molecule has 0 aliphatic heterocycles. The SMILES string of the molecule is CCC1(C(=O)NC(C)(C)CO)CCCCC1C. The molecule has 0 spiro atoms. The van der Waals surface area contributed by atoms with Crippen molar-refractivity contribution in [3.8, 4) is 0 Å². The summed E-state index contributed by atoms with van der Waals surface area (Å²) >= 11 is 0. The molecule has 0 aromatic carbocycles. The van der Waals surface area contributed by atoms with Crippen LogP contribution in [-0.2, 0) is 4.79 Å². The Hall–Kier alpha value is -0.570. The van der Waals surface area contributed by atoms with Gasteiger partial charge in [-0.3, -0.25) is 4.79 Å². The monoisotopic (exact) mass is 241 g/mol. The van der Waals surface area contributed by atoms with E-state index in [0.29, 0.717) is 5.92 Å². The number of amides is 1. The molecule has 3 heteroatoms. The first-order valence-electron chi connectivity index (χ1n) is 6.81. The maximum atomic E-state index is 12.5. The third-order valence-corrected chi connectivity index (χ3v) is 4.38. The maximum absolute atomic E-state index is 12.5. The topological polar surface area (TPSA) is 49.3 Å². The fraction of sp³-hybridized carbons (Fsp3) is 0.929. The highest BCUT2D eigenvalue weighted by atomic mass is 16.3. The molecule has 2 unspecified atom stereocenters. The summed E-state index contributed by atoms with van der Waals surface area (Å²) in [5, 5.41) is 12.3. The van der Waals surface area contributed by atoms with Crippen LogP contribution in [0.25, 0.3) is 0 Å². The van der Waals surface area contributed by atoms with Crippen molar-refractivity contribution in [3.63, 3.8) is 0 Å². The lowest BCUT2D eigenvalue weighted by atomic mass is 9.64. The molecular formula is C14H27NO2. The molecule has 1 saturated carbocycles. The summed E-state index contributed by atoms with van der Waals surface area (Å²) < 4.78 is 0. The normalized spacial score (nSPS) is 30.1. The zero-order valence-electron chi connectivity index (χ0n) is 11.7. The summed E-state index contributed by atoms with van der Waals surface area (Å²) in [5.41, 5.74) is -0.735. The fourth-order valence-corrected chi connectivity index (χ4v) is 2.91. The highest BCUT2D eigenvalue weighted by Gasteiger charge is 2.44. The van der Waals surface area contributed by atoms with E-state index in [9.17, 15) is 9.90 Å². The first-order valence-corrected chi connectivity index (χ1v) is 6.81. The van der Waals surface area contributed by atoms with Crippen molar-refractivity contribution in [3.05, 3.63) is 0 Å². The Morgan fingerprint density at radius 2 is 2.12 bits per heavy atom. The molecule has 0 saturated heterocycles. The molecule has 2 N–H and O–H groups in total. The van der Waals surface area contributed by atoms with E-state index in [1.807, 2.05) is 13.8 Å². The van der Waals surface area contributed by atoms with Crippen LogP contribution in [0.2, 0.25) is 0 Å². The lowest BCUT2D eigenvalue weighted by Gasteiger charge is -2.42. The molecule has 0 bridgehead atoms. The van der Waals surface area contributed by atoms with Crippen LogP contribution in [0, 0.1) is 11.3 Å². The molecule has 1 amide bonds. The minimum absolute atomic E-state index is 0.0209. The van der Waals surface area contributed by atoms with Gasteiger partial charge in [-0.15, -0.1) is 0 Å². The average molecular weight is 241 g/mol. The van der Waals surface area contributed by atoms with Gasteiger partial charge in [0, 0.05) is 0 Å². The second-order valence-corrected chi connectivity index (χ2v) is 6.15. The van der Waals surface area contributed by atoms with E-state index in [-0.39, 0.29) is 17.9 Å². The summed E-state index contributed by atoms with van der Waals surface area (Å²) in [6.07, 6.45) is 5.39. The van der Waals surface area contributed by atoms with Gasteiger partial charge >= 0.3 is 0 Å². The van der Waals surface area contributed by atoms with Crippen molar-refractivity contribution < 1.29 is 9.90 Å². The first-order chi connectivity index (χ1) is 7.88. The number of carbonyl (C=O) groups excluding carboxylic acids is 1. The number of aliphatic hydroxyl groups excluding tert-OH is 1. The van der Waals surface area contributed by atoms with Crippen molar-refractivity contribution in [1.82, 2.24) is 5.32 Å². The minimum atomic E-state index is -0.517. The Balaban J connectivity index is 2.82. The smallest absolute Gasteiger partial charge is 0.226 e. The van der Waals surface area contributed by atoms with Gasteiger partial charge in [-0.2, -0.15) is 0 Å². The van der Waals surface area contributed by atoms with Gasteiger partial charge in [0.05, 0.1) is 17.6 Å². The molecule has 17 heavy (non-hydrogen) atoms. The van der Waals surface area contributed by atoms with E-state index >= 15 is 0 Å². The summed E-state index contributed by atoms with van der Waals surface area (Å²) in [6.45, 7) is 8.00. The first kappa shape index (κ1) is 14.5. The molecule has 1 aliphatic rings. The van der Waals surface area contributed by atoms with E-state index in [1.165, 1.54) is 6.42 Å². The van der Waals surface area contributed by atoms with Gasteiger partial charge in [0.2, 0.25) is 5.91 Å². The predicted octanol–water partition coefficient (Wildman–Crippen LogP) is 2.48. The van der Waals surface area contributed by atoms with Gasteiger partial charge in [0.15, 0.2) is 0 Å². The van der Waals surface area contributed by atoms with E-state index in [2.05, 4.69) is 19.2 Å². The molecule has 1 rings (SSSR count). The molecule has 0 heterocycles. The summed E-state index contributed by atoms with van der Waals surface area (Å²) in [7, 11) is 0. The number of rotatable bonds is 4. The summed E-state index contributed by atoms with van der Waals surface area (Å²) in [4.78, 5) is 12.5. The van der Waals surface area contributed by atoms with Crippen LogP contribution in [0.4, 0.5) is 0 Å². The van der Waals surface area contributed by atoms with Crippen molar-refractivity contribution >= 4 is 5.91 Å². The van der Waals surface area contributed by atoms with Crippen molar-refractivity contribution in [2.45, 2.75) is 65.3 Å². The Labute approximate surface area is 105 Å². The average Bonchev–Trinajstić information content (AvgIpc) is 2.29. The number of carbonyl (C=O) groups is 1. The lowest BCUT2D eigenvalue weighted by Crippen LogP contribution is -2.54. The lowest BCUT2D eigenvalue weighted by molar-refractivity contribution is -0.138. The molecule has 2 atom stereocenters. The largest absolute Gasteiger partial charge is 0.394 e. The predicted molar refractivity (Wildman–Crippen MR) is 69.7 cm³/mol. The summed E-state index contributed by atoms with van der Waals surface area (Å²) in [6, 6.07) is 0. The van der Waals surface area contributed by atoms with E-state index in [0.717, 1.165) is 25.7 Å². The number of aliphatic hydroxyl groups is 1. The van der Waals surface area contributed by atoms with Gasteiger partial charge in [-0.25, -0.2) is 0 Å². The molecular weight excluding hydrogens is 214 g/mol. The minimum Gasteiger partial charge on any atom is -0.394 e. The maximum Gasteiger partial charge on any atom is 0.226 e. The third kappa shape index (κ3) is 3.01. The highest BCUT2D eigenvalue weighted by molar-refractivity contribution is 5.83. The Kier molecular flexibility index (Phi) is 4.59. The third-order valence-electron chi connectivity index (χ3n) is 4.38. The van der Waals surface area contributed by atoms with Crippen LogP contribution in [0.3, 0.4) is 0 Å². The fourth-order valence-electron chi connectivity index (χ4n) is 2.91. The van der Waals surface area contributed by atoms with Gasteiger partial charge in [0.25, 0.3) is 0 Å². The second kappa shape index (κ2) is 5.38. The van der Waals surface area contributed by atoms with E-state index in [4.69, 9.17) is 0 Å². The number of nitrogens with one attached hydrogen (secondary N) is 1. The Morgan fingerprint density at radius 1 is 1.47 bits per heavy atom. The molecule has 1 aliphatic carbocycles. The Bertz CT molecular complexity index is 275.